The van der Waals surface area contributed by atoms with E-state index >= 15 is 0 Å². The lowest BCUT2D eigenvalue weighted by molar-refractivity contribution is -0.105. The lowest BCUT2D eigenvalue weighted by Gasteiger charge is -2.40. The maximum Gasteiger partial charge on any atom is 0.106 e. The fraction of sp³-hybridized carbons (Fsp3) is 0.438. The van der Waals surface area contributed by atoms with Gasteiger partial charge in [-0.15, -0.1) is 0 Å². The predicted octanol–water partition coefficient (Wildman–Crippen LogP) is 2.17. The van der Waals surface area contributed by atoms with E-state index in [1.807, 2.05) is 24.1 Å². The van der Waals surface area contributed by atoms with Gasteiger partial charge >= 0.3 is 0 Å². The second-order valence-electron chi connectivity index (χ2n) is 5.68. The number of nitrogens with zero attached hydrogens (tertiary/aromatic N) is 3. The van der Waals surface area contributed by atoms with E-state index in [9.17, 15) is 0 Å². The van der Waals surface area contributed by atoms with E-state index in [0.717, 1.165) is 31.8 Å². The smallest absolute Gasteiger partial charge is 0.106 e. The number of rotatable bonds is 3. The van der Waals surface area contributed by atoms with Crippen molar-refractivity contribution in [3.8, 4) is 0 Å². The van der Waals surface area contributed by atoms with E-state index in [1.165, 1.54) is 5.56 Å². The van der Waals surface area contributed by atoms with Gasteiger partial charge in [0.15, 0.2) is 0 Å². The zero-order valence-corrected chi connectivity index (χ0v) is 12.1. The largest absolute Gasteiger partial charge is 0.368 e. The molecule has 1 unspecified atom stereocenters. The number of hydrogen-bond donors (Lipinski definition) is 0. The van der Waals surface area contributed by atoms with Gasteiger partial charge in [0.05, 0.1) is 12.8 Å². The van der Waals surface area contributed by atoms with Crippen molar-refractivity contribution in [1.82, 2.24) is 14.7 Å². The first kappa shape index (κ1) is 13.3. The zero-order chi connectivity index (χ0) is 14.0. The van der Waals surface area contributed by atoms with E-state index in [-0.39, 0.29) is 5.60 Å². The molecule has 0 radical (unpaired) electrons. The molecular formula is C16H21N3O. The van der Waals surface area contributed by atoms with Crippen molar-refractivity contribution in [2.24, 2.45) is 7.05 Å². The monoisotopic (exact) mass is 271 g/mol. The highest BCUT2D eigenvalue weighted by Crippen LogP contribution is 2.29. The molecule has 0 aliphatic carbocycles. The van der Waals surface area contributed by atoms with Crippen molar-refractivity contribution in [2.45, 2.75) is 19.1 Å². The molecule has 106 valence electrons. The third-order valence-corrected chi connectivity index (χ3v) is 3.92. The van der Waals surface area contributed by atoms with Gasteiger partial charge in [0.25, 0.3) is 0 Å². The summed E-state index contributed by atoms with van der Waals surface area (Å²) >= 11 is 0. The molecule has 0 amide bonds. The Bertz CT molecular complexity index is 566. The standard InChI is InChI=1S/C16H21N3O/c1-16(15-10-17-18(2)12-15)13-19(8-9-20-16)11-14-6-4-3-5-7-14/h3-7,10,12H,8-9,11,13H2,1-2H3. The number of aryl methyl sites for hydroxylation is 1. The molecule has 1 aliphatic heterocycles. The lowest BCUT2D eigenvalue weighted by Crippen LogP contribution is -2.47. The Morgan fingerprint density at radius 1 is 1.30 bits per heavy atom. The van der Waals surface area contributed by atoms with Crippen LogP contribution < -0.4 is 0 Å². The molecule has 1 aromatic carbocycles. The van der Waals surface area contributed by atoms with Crippen LogP contribution in [0.25, 0.3) is 0 Å². The Kier molecular flexibility index (Phi) is 3.59. The van der Waals surface area contributed by atoms with E-state index in [0.29, 0.717) is 0 Å². The van der Waals surface area contributed by atoms with Crippen molar-refractivity contribution in [3.05, 3.63) is 53.9 Å². The molecule has 2 heterocycles. The summed E-state index contributed by atoms with van der Waals surface area (Å²) in [7, 11) is 1.94. The highest BCUT2D eigenvalue weighted by molar-refractivity contribution is 5.18. The van der Waals surface area contributed by atoms with Crippen molar-refractivity contribution >= 4 is 0 Å². The van der Waals surface area contributed by atoms with Gasteiger partial charge in [-0.1, -0.05) is 30.3 Å². The molecule has 20 heavy (non-hydrogen) atoms. The normalized spacial score (nSPS) is 23.9. The third kappa shape index (κ3) is 2.76. The van der Waals surface area contributed by atoms with Crippen LogP contribution in [0.15, 0.2) is 42.7 Å². The molecule has 0 saturated carbocycles. The van der Waals surface area contributed by atoms with E-state index in [1.54, 1.807) is 0 Å². The molecule has 1 aromatic heterocycles. The fourth-order valence-electron chi connectivity index (χ4n) is 2.80. The SMILES string of the molecule is Cn1cc(C2(C)CN(Cc3ccccc3)CCO2)cn1. The molecule has 3 rings (SSSR count). The highest BCUT2D eigenvalue weighted by atomic mass is 16.5. The van der Waals surface area contributed by atoms with Crippen LogP contribution in [0.4, 0.5) is 0 Å². The molecule has 2 aromatic rings. The minimum absolute atomic E-state index is 0.263. The zero-order valence-electron chi connectivity index (χ0n) is 12.1. The summed E-state index contributed by atoms with van der Waals surface area (Å²) in [4.78, 5) is 2.45. The van der Waals surface area contributed by atoms with Gasteiger partial charge in [0.2, 0.25) is 0 Å². The molecule has 4 nitrogen and oxygen atoms in total. The number of ether oxygens (including phenoxy) is 1. The van der Waals surface area contributed by atoms with Gasteiger partial charge in [0, 0.05) is 38.4 Å². The summed E-state index contributed by atoms with van der Waals surface area (Å²) in [6.45, 7) is 5.76. The van der Waals surface area contributed by atoms with Crippen molar-refractivity contribution in [3.63, 3.8) is 0 Å². The number of morpholine rings is 1. The van der Waals surface area contributed by atoms with E-state index < -0.39 is 0 Å². The molecule has 0 bridgehead atoms. The second-order valence-corrected chi connectivity index (χ2v) is 5.68. The topological polar surface area (TPSA) is 30.3 Å². The summed E-state index contributed by atoms with van der Waals surface area (Å²) < 4.78 is 7.87. The summed E-state index contributed by atoms with van der Waals surface area (Å²) in [5, 5.41) is 4.26. The number of hydrogen-bond acceptors (Lipinski definition) is 3. The van der Waals surface area contributed by atoms with Crippen molar-refractivity contribution < 1.29 is 4.74 Å². The average Bonchev–Trinajstić information content (AvgIpc) is 2.88. The quantitative estimate of drug-likeness (QED) is 0.857. The number of aromatic nitrogens is 2. The molecule has 1 atom stereocenters. The maximum atomic E-state index is 6.04. The molecule has 0 spiro atoms. The third-order valence-electron chi connectivity index (χ3n) is 3.92. The summed E-state index contributed by atoms with van der Waals surface area (Å²) in [5.74, 6) is 0. The van der Waals surface area contributed by atoms with Crippen LogP contribution in [0.5, 0.6) is 0 Å². The molecule has 1 fully saturated rings. The van der Waals surface area contributed by atoms with Gasteiger partial charge in [-0.2, -0.15) is 5.10 Å². The Morgan fingerprint density at radius 3 is 2.80 bits per heavy atom. The van der Waals surface area contributed by atoms with Crippen LogP contribution in [0, 0.1) is 0 Å². The lowest BCUT2D eigenvalue weighted by atomic mass is 9.96. The Morgan fingerprint density at radius 2 is 2.10 bits per heavy atom. The molecule has 1 saturated heterocycles. The van der Waals surface area contributed by atoms with Gasteiger partial charge < -0.3 is 4.74 Å². The summed E-state index contributed by atoms with van der Waals surface area (Å²) in [6.07, 6.45) is 3.96. The van der Waals surface area contributed by atoms with E-state index in [4.69, 9.17) is 4.74 Å². The van der Waals surface area contributed by atoms with Crippen LogP contribution in [-0.2, 0) is 23.9 Å². The first-order chi connectivity index (χ1) is 9.66. The first-order valence-electron chi connectivity index (χ1n) is 7.05. The van der Waals surface area contributed by atoms with Crippen LogP contribution in [-0.4, -0.2) is 34.4 Å². The molecule has 4 heteroatoms. The fourth-order valence-corrected chi connectivity index (χ4v) is 2.80. The summed E-state index contributed by atoms with van der Waals surface area (Å²) in [6, 6.07) is 10.6. The average molecular weight is 271 g/mol. The minimum atomic E-state index is -0.263. The number of benzene rings is 1. The Hall–Kier alpha value is -1.65. The van der Waals surface area contributed by atoms with Gasteiger partial charge in [0.1, 0.15) is 5.60 Å². The Balaban J connectivity index is 1.73. The van der Waals surface area contributed by atoms with Crippen molar-refractivity contribution in [2.75, 3.05) is 19.7 Å². The maximum absolute atomic E-state index is 6.04. The van der Waals surface area contributed by atoms with E-state index in [2.05, 4.69) is 47.3 Å². The van der Waals surface area contributed by atoms with Crippen LogP contribution >= 0.6 is 0 Å². The van der Waals surface area contributed by atoms with Crippen LogP contribution in [0.1, 0.15) is 18.1 Å². The second kappa shape index (κ2) is 5.38. The van der Waals surface area contributed by atoms with Gasteiger partial charge in [-0.05, 0) is 12.5 Å². The van der Waals surface area contributed by atoms with Crippen molar-refractivity contribution in [1.29, 1.82) is 0 Å². The first-order valence-corrected chi connectivity index (χ1v) is 7.05. The molecular weight excluding hydrogens is 250 g/mol. The predicted molar refractivity (Wildman–Crippen MR) is 78.2 cm³/mol. The van der Waals surface area contributed by atoms with Gasteiger partial charge in [-0.3, -0.25) is 9.58 Å². The molecule has 1 aliphatic rings. The summed E-state index contributed by atoms with van der Waals surface area (Å²) in [5.41, 5.74) is 2.24. The highest BCUT2D eigenvalue weighted by Gasteiger charge is 2.34. The van der Waals surface area contributed by atoms with Gasteiger partial charge in [-0.25, -0.2) is 0 Å². The minimum Gasteiger partial charge on any atom is -0.368 e. The molecule has 0 N–H and O–H groups in total. The van der Waals surface area contributed by atoms with Crippen LogP contribution in [0.3, 0.4) is 0 Å². The Labute approximate surface area is 120 Å². The van der Waals surface area contributed by atoms with Crippen LogP contribution in [0.2, 0.25) is 0 Å².